The van der Waals surface area contributed by atoms with Crippen molar-refractivity contribution in [2.24, 2.45) is 7.05 Å². The predicted octanol–water partition coefficient (Wildman–Crippen LogP) is 9.76. The maximum absolute atomic E-state index is 6.38. The van der Waals surface area contributed by atoms with E-state index >= 15 is 0 Å². The molecule has 0 spiro atoms. The fourth-order valence-corrected chi connectivity index (χ4v) is 8.97. The van der Waals surface area contributed by atoms with Crippen LogP contribution in [0.4, 0.5) is 29.0 Å². The summed E-state index contributed by atoms with van der Waals surface area (Å²) in [6, 6.07) is 36.1. The van der Waals surface area contributed by atoms with E-state index in [1.165, 1.54) is 11.1 Å². The molecule has 0 atom stereocenters. The van der Waals surface area contributed by atoms with Crippen LogP contribution in [0.15, 0.2) is 140 Å². The van der Waals surface area contributed by atoms with Crippen LogP contribution in [0, 0.1) is 0 Å². The molecule has 10 rings (SSSR count). The van der Waals surface area contributed by atoms with Crippen LogP contribution in [-0.4, -0.2) is 84.2 Å². The molecule has 69 heavy (non-hydrogen) atoms. The molecule has 2 N–H and O–H groups in total. The van der Waals surface area contributed by atoms with Crippen molar-refractivity contribution in [3.05, 3.63) is 151 Å². The Morgan fingerprint density at radius 1 is 0.652 bits per heavy atom. The Bertz CT molecular complexity index is 3180. The highest BCUT2D eigenvalue weighted by molar-refractivity contribution is 5.78. The van der Waals surface area contributed by atoms with Crippen LogP contribution < -0.4 is 29.6 Å². The number of likely N-dealkylation sites (N-methyl/N-ethyl adjacent to an activating group) is 1. The molecular formula is C55H61N12O2+. The zero-order valence-electron chi connectivity index (χ0n) is 40.4. The molecule has 14 heteroatoms. The van der Waals surface area contributed by atoms with Gasteiger partial charge in [0.2, 0.25) is 11.6 Å². The molecule has 0 aliphatic carbocycles. The summed E-state index contributed by atoms with van der Waals surface area (Å²) < 4.78 is 21.1. The predicted molar refractivity (Wildman–Crippen MR) is 276 cm³/mol. The lowest BCUT2D eigenvalue weighted by molar-refractivity contribution is -0.581. The fourth-order valence-electron chi connectivity index (χ4n) is 8.97. The Morgan fingerprint density at radius 3 is 2.01 bits per heavy atom. The Labute approximate surface area is 403 Å². The Hall–Kier alpha value is -7.71. The monoisotopic (exact) mass is 922 g/mol. The molecule has 5 aromatic heterocycles. The number of benzene rings is 4. The van der Waals surface area contributed by atoms with Gasteiger partial charge in [0, 0.05) is 105 Å². The highest BCUT2D eigenvalue weighted by Gasteiger charge is 2.23. The second-order valence-electron chi connectivity index (χ2n) is 18.5. The van der Waals surface area contributed by atoms with Crippen molar-refractivity contribution < 1.29 is 14.0 Å². The summed E-state index contributed by atoms with van der Waals surface area (Å²) in [5.74, 6) is 2.88. The Balaban J connectivity index is 0.889. The Kier molecular flexibility index (Phi) is 13.0. The van der Waals surface area contributed by atoms with Crippen LogP contribution in [0.25, 0.3) is 38.9 Å². The second-order valence-corrected chi connectivity index (χ2v) is 18.5. The minimum absolute atomic E-state index is 0.0134. The Morgan fingerprint density at radius 2 is 1.30 bits per heavy atom. The van der Waals surface area contributed by atoms with E-state index in [2.05, 4.69) is 187 Å². The molecule has 6 heterocycles. The SMILES string of the molecule is CC(C)Oc1cc(Nc2nc3c(ccn3CCc3ccccc3)c[n+]2-c2ccc(CCn3ccc4cnc(Nc5ccc(N6CCN(C)CC6)c(OC(C)C)c5)nc43)cc2)ccc1-c1cnn(C)c1. The van der Waals surface area contributed by atoms with Crippen molar-refractivity contribution in [2.45, 2.75) is 65.8 Å². The van der Waals surface area contributed by atoms with Crippen LogP contribution in [0.3, 0.4) is 0 Å². The molecule has 0 saturated carbocycles. The van der Waals surface area contributed by atoms with Gasteiger partial charge in [0.1, 0.15) is 28.5 Å². The van der Waals surface area contributed by atoms with Crippen LogP contribution >= 0.6 is 0 Å². The number of aromatic nitrogens is 8. The first-order chi connectivity index (χ1) is 33.6. The maximum atomic E-state index is 6.38. The first-order valence-corrected chi connectivity index (χ1v) is 24.0. The molecule has 1 saturated heterocycles. The summed E-state index contributed by atoms with van der Waals surface area (Å²) in [7, 11) is 4.10. The van der Waals surface area contributed by atoms with E-state index in [9.17, 15) is 0 Å². The topological polar surface area (TPSA) is 119 Å². The average Bonchev–Trinajstić information content (AvgIpc) is 4.08. The third kappa shape index (κ3) is 10.4. The van der Waals surface area contributed by atoms with Crippen LogP contribution in [0.2, 0.25) is 0 Å². The van der Waals surface area contributed by atoms with E-state index in [0.717, 1.165) is 120 Å². The summed E-state index contributed by atoms with van der Waals surface area (Å²) in [6.07, 6.45) is 13.9. The van der Waals surface area contributed by atoms with Gasteiger partial charge in [-0.1, -0.05) is 47.4 Å². The van der Waals surface area contributed by atoms with Gasteiger partial charge in [0.25, 0.3) is 0 Å². The van der Waals surface area contributed by atoms with E-state index in [-0.39, 0.29) is 12.2 Å². The van der Waals surface area contributed by atoms with E-state index in [1.807, 2.05) is 39.5 Å². The molecule has 352 valence electrons. The van der Waals surface area contributed by atoms with Crippen molar-refractivity contribution in [3.8, 4) is 28.3 Å². The highest BCUT2D eigenvalue weighted by Crippen LogP contribution is 2.36. The number of nitrogens with zero attached hydrogens (tertiary/aromatic N) is 10. The standard InChI is InChI=1S/C55H60N12O2/c1-38(2)68-50-32-46(14-18-48(50)44-35-57-63(6)36-44)59-55-61-53-43(23-27-66(53)24-20-40-10-8-7-9-11-40)37-67(55)47-16-12-41(13-17-47)21-25-65-26-22-42-34-56-54(60-52(42)65)58-45-15-19-49(51(33-45)69-39(3)4)64-30-28-62(5)29-31-64/h7-19,22-23,26-27,32-39H,20-21,24-25,28-31H2,1-6H3,(H,56,58,60)/p+1. The van der Waals surface area contributed by atoms with Crippen molar-refractivity contribution in [1.82, 2.24) is 38.8 Å². The van der Waals surface area contributed by atoms with Gasteiger partial charge in [-0.2, -0.15) is 10.1 Å². The number of rotatable bonds is 17. The molecular weight excluding hydrogens is 861 g/mol. The van der Waals surface area contributed by atoms with Crippen molar-refractivity contribution in [2.75, 3.05) is 48.8 Å². The number of hydrogen-bond donors (Lipinski definition) is 2. The summed E-state index contributed by atoms with van der Waals surface area (Å²) in [6.45, 7) is 13.8. The maximum Gasteiger partial charge on any atom is 0.403 e. The number of fused-ring (bicyclic) bond motifs is 2. The molecule has 1 aliphatic rings. The van der Waals surface area contributed by atoms with Crippen molar-refractivity contribution >= 4 is 51.0 Å². The number of aryl methyl sites for hydroxylation is 5. The zero-order valence-corrected chi connectivity index (χ0v) is 40.4. The number of hydrogen-bond acceptors (Lipinski definition) is 10. The zero-order chi connectivity index (χ0) is 47.4. The van der Waals surface area contributed by atoms with Gasteiger partial charge < -0.3 is 33.7 Å². The lowest BCUT2D eigenvalue weighted by atomic mass is 10.1. The minimum Gasteiger partial charge on any atom is -0.490 e. The van der Waals surface area contributed by atoms with E-state index in [1.54, 1.807) is 4.68 Å². The normalized spacial score (nSPS) is 13.2. The molecule has 1 aliphatic heterocycles. The molecule has 0 bridgehead atoms. The van der Waals surface area contributed by atoms with Crippen LogP contribution in [-0.2, 0) is 33.0 Å². The van der Waals surface area contributed by atoms with Gasteiger partial charge in [-0.25, -0.2) is 14.9 Å². The third-order valence-corrected chi connectivity index (χ3v) is 12.6. The number of anilines is 5. The highest BCUT2D eigenvalue weighted by atomic mass is 16.5. The van der Waals surface area contributed by atoms with Gasteiger partial charge in [0.15, 0.2) is 0 Å². The molecule has 14 nitrogen and oxygen atoms in total. The summed E-state index contributed by atoms with van der Waals surface area (Å²) in [4.78, 5) is 19.8. The lowest BCUT2D eigenvalue weighted by Gasteiger charge is -2.35. The van der Waals surface area contributed by atoms with E-state index in [4.69, 9.17) is 19.4 Å². The summed E-state index contributed by atoms with van der Waals surface area (Å²) >= 11 is 0. The van der Waals surface area contributed by atoms with Crippen molar-refractivity contribution in [1.29, 1.82) is 0 Å². The third-order valence-electron chi connectivity index (χ3n) is 12.6. The van der Waals surface area contributed by atoms with Crippen LogP contribution in [0.5, 0.6) is 11.5 Å². The molecule has 0 unspecified atom stereocenters. The average molecular weight is 922 g/mol. The molecule has 4 aromatic carbocycles. The number of nitrogens with one attached hydrogen (secondary N) is 2. The van der Waals surface area contributed by atoms with Gasteiger partial charge in [-0.15, -0.1) is 0 Å². The second kappa shape index (κ2) is 19.9. The van der Waals surface area contributed by atoms with Gasteiger partial charge >= 0.3 is 5.95 Å². The fraction of sp³-hybridized carbons (Fsp3) is 0.291. The quantitative estimate of drug-likeness (QED) is 0.0855. The summed E-state index contributed by atoms with van der Waals surface area (Å²) in [5, 5.41) is 13.6. The smallest absolute Gasteiger partial charge is 0.403 e. The van der Waals surface area contributed by atoms with Crippen molar-refractivity contribution in [3.63, 3.8) is 0 Å². The largest absolute Gasteiger partial charge is 0.490 e. The van der Waals surface area contributed by atoms with Gasteiger partial charge in [-0.05, 0) is 107 Å². The summed E-state index contributed by atoms with van der Waals surface area (Å²) in [5.41, 5.74) is 10.1. The van der Waals surface area contributed by atoms with E-state index in [0.29, 0.717) is 11.9 Å². The van der Waals surface area contributed by atoms with Gasteiger partial charge in [-0.3, -0.25) is 4.68 Å². The lowest BCUT2D eigenvalue weighted by Crippen LogP contribution is -2.44. The molecule has 1 fully saturated rings. The number of piperazine rings is 1. The van der Waals surface area contributed by atoms with Gasteiger partial charge in [0.05, 0.1) is 35.7 Å². The molecule has 0 amide bonds. The first-order valence-electron chi connectivity index (χ1n) is 24.0. The van der Waals surface area contributed by atoms with E-state index < -0.39 is 0 Å². The molecule has 0 radical (unpaired) electrons. The minimum atomic E-state index is -0.0134. The molecule has 9 aromatic rings. The van der Waals surface area contributed by atoms with Crippen LogP contribution in [0.1, 0.15) is 38.8 Å². The first kappa shape index (κ1) is 45.1. The number of ether oxygens (including phenoxy) is 2.